The highest BCUT2D eigenvalue weighted by atomic mass is 127. The average molecular weight is 522 g/mol. The van der Waals surface area contributed by atoms with Crippen LogP contribution in [0.4, 0.5) is 5.69 Å². The second-order valence-electron chi connectivity index (χ2n) is 7.69. The molecule has 0 bridgehead atoms. The standard InChI is InChI=1S/C23H30N4O2.HI/c1-24-23(26-15-21-12-18-6-3-4-9-22(18)29-21)25-14-17-10-11-27(16-17)19-7-5-8-20(13-19)28-2;/h3-9,13,17,21H,10-12,14-16H2,1-2H3,(H2,24,25,26);1H. The van der Waals surface area contributed by atoms with Gasteiger partial charge in [-0.2, -0.15) is 0 Å². The SMILES string of the molecule is CN=C(NCC1CCN(c2cccc(OC)c2)C1)NCC1Cc2ccccc2O1.I. The first kappa shape index (κ1) is 22.5. The molecular formula is C23H31IN4O2. The van der Waals surface area contributed by atoms with Crippen LogP contribution in [0, 0.1) is 5.92 Å². The highest BCUT2D eigenvalue weighted by molar-refractivity contribution is 14.0. The lowest BCUT2D eigenvalue weighted by Gasteiger charge is -2.20. The Kier molecular flexibility index (Phi) is 8.07. The fourth-order valence-electron chi connectivity index (χ4n) is 4.08. The largest absolute Gasteiger partial charge is 0.497 e. The number of benzene rings is 2. The molecule has 2 aliphatic heterocycles. The Hall–Kier alpha value is -2.16. The van der Waals surface area contributed by atoms with Gasteiger partial charge in [-0.25, -0.2) is 0 Å². The molecule has 2 N–H and O–H groups in total. The minimum Gasteiger partial charge on any atom is -0.497 e. The van der Waals surface area contributed by atoms with E-state index >= 15 is 0 Å². The van der Waals surface area contributed by atoms with Crippen LogP contribution in [0.2, 0.25) is 0 Å². The summed E-state index contributed by atoms with van der Waals surface area (Å²) in [5, 5.41) is 6.89. The highest BCUT2D eigenvalue weighted by Gasteiger charge is 2.24. The van der Waals surface area contributed by atoms with Crippen LogP contribution < -0.4 is 25.0 Å². The average Bonchev–Trinajstić information content (AvgIpc) is 3.40. The van der Waals surface area contributed by atoms with Crippen molar-refractivity contribution in [1.29, 1.82) is 0 Å². The van der Waals surface area contributed by atoms with Gasteiger partial charge in [0.05, 0.1) is 13.7 Å². The molecule has 2 heterocycles. The van der Waals surface area contributed by atoms with Crippen LogP contribution in [-0.4, -0.2) is 52.4 Å². The number of hydrogen-bond acceptors (Lipinski definition) is 4. The van der Waals surface area contributed by atoms with E-state index in [4.69, 9.17) is 9.47 Å². The highest BCUT2D eigenvalue weighted by Crippen LogP contribution is 2.28. The first-order chi connectivity index (χ1) is 14.2. The summed E-state index contributed by atoms with van der Waals surface area (Å²) in [6, 6.07) is 16.6. The molecule has 162 valence electrons. The van der Waals surface area contributed by atoms with E-state index in [2.05, 4.69) is 50.9 Å². The van der Waals surface area contributed by atoms with E-state index in [1.807, 2.05) is 25.2 Å². The van der Waals surface area contributed by atoms with Crippen molar-refractivity contribution in [2.24, 2.45) is 10.9 Å². The van der Waals surface area contributed by atoms with Crippen molar-refractivity contribution < 1.29 is 9.47 Å². The number of nitrogens with zero attached hydrogens (tertiary/aromatic N) is 2. The molecule has 0 aromatic heterocycles. The molecule has 2 aromatic carbocycles. The Balaban J connectivity index is 0.00000256. The minimum atomic E-state index is 0. The normalized spacial score (nSPS) is 20.2. The van der Waals surface area contributed by atoms with Crippen molar-refractivity contribution in [3.05, 3.63) is 54.1 Å². The third-order valence-electron chi connectivity index (χ3n) is 5.70. The lowest BCUT2D eigenvalue weighted by atomic mass is 10.1. The van der Waals surface area contributed by atoms with Crippen molar-refractivity contribution in [3.63, 3.8) is 0 Å². The molecule has 7 heteroatoms. The van der Waals surface area contributed by atoms with E-state index in [0.717, 1.165) is 50.1 Å². The Morgan fingerprint density at radius 2 is 2.00 bits per heavy atom. The molecule has 30 heavy (non-hydrogen) atoms. The van der Waals surface area contributed by atoms with Crippen molar-refractivity contribution in [1.82, 2.24) is 10.6 Å². The lowest BCUT2D eigenvalue weighted by Crippen LogP contribution is -2.44. The summed E-state index contributed by atoms with van der Waals surface area (Å²) in [6.45, 7) is 3.76. The monoisotopic (exact) mass is 522 g/mol. The third kappa shape index (κ3) is 5.50. The van der Waals surface area contributed by atoms with Gasteiger partial charge in [0, 0.05) is 44.9 Å². The molecule has 1 saturated heterocycles. The maximum absolute atomic E-state index is 6.00. The molecule has 0 aliphatic carbocycles. The zero-order chi connectivity index (χ0) is 20.1. The summed E-state index contributed by atoms with van der Waals surface area (Å²) < 4.78 is 11.4. The summed E-state index contributed by atoms with van der Waals surface area (Å²) in [4.78, 5) is 6.79. The molecular weight excluding hydrogens is 491 g/mol. The number of aliphatic imine (C=N–C) groups is 1. The smallest absolute Gasteiger partial charge is 0.191 e. The summed E-state index contributed by atoms with van der Waals surface area (Å²) >= 11 is 0. The van der Waals surface area contributed by atoms with Crippen LogP contribution in [-0.2, 0) is 6.42 Å². The first-order valence-electron chi connectivity index (χ1n) is 10.3. The number of halogens is 1. The molecule has 2 aliphatic rings. The Morgan fingerprint density at radius 3 is 2.80 bits per heavy atom. The molecule has 0 spiro atoms. The number of methoxy groups -OCH3 is 1. The number of rotatable bonds is 6. The van der Waals surface area contributed by atoms with Gasteiger partial charge in [0.2, 0.25) is 0 Å². The predicted molar refractivity (Wildman–Crippen MR) is 133 cm³/mol. The fraction of sp³-hybridized carbons (Fsp3) is 0.435. The number of nitrogens with one attached hydrogen (secondary N) is 2. The molecule has 0 amide bonds. The van der Waals surface area contributed by atoms with E-state index in [1.54, 1.807) is 7.11 Å². The molecule has 2 aromatic rings. The van der Waals surface area contributed by atoms with Gasteiger partial charge >= 0.3 is 0 Å². The van der Waals surface area contributed by atoms with Crippen molar-refractivity contribution in [3.8, 4) is 11.5 Å². The van der Waals surface area contributed by atoms with Crippen LogP contribution in [0.1, 0.15) is 12.0 Å². The van der Waals surface area contributed by atoms with E-state index in [0.29, 0.717) is 5.92 Å². The number of hydrogen-bond donors (Lipinski definition) is 2. The quantitative estimate of drug-likeness (QED) is 0.347. The van der Waals surface area contributed by atoms with Crippen molar-refractivity contribution >= 4 is 35.6 Å². The number of anilines is 1. The van der Waals surface area contributed by atoms with Crippen LogP contribution in [0.25, 0.3) is 0 Å². The van der Waals surface area contributed by atoms with Gasteiger partial charge in [0.15, 0.2) is 5.96 Å². The van der Waals surface area contributed by atoms with E-state index in [1.165, 1.54) is 17.7 Å². The van der Waals surface area contributed by atoms with Crippen LogP contribution in [0.15, 0.2) is 53.5 Å². The second kappa shape index (κ2) is 10.7. The summed E-state index contributed by atoms with van der Waals surface area (Å²) in [7, 11) is 3.53. The maximum atomic E-state index is 6.00. The maximum Gasteiger partial charge on any atom is 0.191 e. The first-order valence-corrected chi connectivity index (χ1v) is 10.3. The van der Waals surface area contributed by atoms with E-state index in [9.17, 15) is 0 Å². The third-order valence-corrected chi connectivity index (χ3v) is 5.70. The molecule has 0 radical (unpaired) electrons. The number of guanidine groups is 1. The minimum absolute atomic E-state index is 0. The van der Waals surface area contributed by atoms with Crippen molar-refractivity contribution in [2.45, 2.75) is 18.9 Å². The van der Waals surface area contributed by atoms with Crippen LogP contribution in [0.5, 0.6) is 11.5 Å². The zero-order valence-corrected chi connectivity index (χ0v) is 20.0. The number of fused-ring (bicyclic) bond motifs is 1. The van der Waals surface area contributed by atoms with Gasteiger partial charge in [0.25, 0.3) is 0 Å². The summed E-state index contributed by atoms with van der Waals surface area (Å²) in [6.07, 6.45) is 2.27. The van der Waals surface area contributed by atoms with Crippen LogP contribution in [0.3, 0.4) is 0 Å². The molecule has 4 rings (SSSR count). The zero-order valence-electron chi connectivity index (χ0n) is 17.6. The Bertz CT molecular complexity index is 836. The molecule has 1 fully saturated rings. The van der Waals surface area contributed by atoms with Gasteiger partial charge in [-0.05, 0) is 36.1 Å². The lowest BCUT2D eigenvalue weighted by molar-refractivity contribution is 0.235. The van der Waals surface area contributed by atoms with Gasteiger partial charge in [-0.3, -0.25) is 4.99 Å². The Labute approximate surface area is 196 Å². The van der Waals surface area contributed by atoms with Gasteiger partial charge in [-0.1, -0.05) is 24.3 Å². The van der Waals surface area contributed by atoms with Crippen LogP contribution >= 0.6 is 24.0 Å². The van der Waals surface area contributed by atoms with Gasteiger partial charge in [-0.15, -0.1) is 24.0 Å². The fourth-order valence-corrected chi connectivity index (χ4v) is 4.08. The predicted octanol–water partition coefficient (Wildman–Crippen LogP) is 3.31. The summed E-state index contributed by atoms with van der Waals surface area (Å²) in [5.74, 6) is 3.34. The summed E-state index contributed by atoms with van der Waals surface area (Å²) in [5.41, 5.74) is 2.51. The van der Waals surface area contributed by atoms with E-state index < -0.39 is 0 Å². The molecule has 2 unspecified atom stereocenters. The number of ether oxygens (including phenoxy) is 2. The molecule has 2 atom stereocenters. The van der Waals surface area contributed by atoms with Gasteiger partial charge in [0.1, 0.15) is 17.6 Å². The number of para-hydroxylation sites is 1. The van der Waals surface area contributed by atoms with Gasteiger partial charge < -0.3 is 25.0 Å². The van der Waals surface area contributed by atoms with Crippen molar-refractivity contribution in [2.75, 3.05) is 45.2 Å². The van der Waals surface area contributed by atoms with E-state index in [-0.39, 0.29) is 30.1 Å². The second-order valence-corrected chi connectivity index (χ2v) is 7.69. The Morgan fingerprint density at radius 1 is 1.17 bits per heavy atom. The molecule has 0 saturated carbocycles. The topological polar surface area (TPSA) is 58.1 Å². The molecule has 6 nitrogen and oxygen atoms in total.